The molecule has 2 heterocycles. The maximum Gasteiger partial charge on any atom is 0.241 e. The second-order valence-electron chi connectivity index (χ2n) is 5.84. The van der Waals surface area contributed by atoms with E-state index in [-0.39, 0.29) is 24.4 Å². The summed E-state index contributed by atoms with van der Waals surface area (Å²) in [5.41, 5.74) is 0. The molecule has 4 atom stereocenters. The molecule has 0 radical (unpaired) electrons. The maximum atomic E-state index is 12.6. The third-order valence-corrected chi connectivity index (χ3v) is 4.38. The van der Waals surface area contributed by atoms with Gasteiger partial charge in [-0.15, -0.1) is 0 Å². The van der Waals surface area contributed by atoms with E-state index < -0.39 is 0 Å². The minimum absolute atomic E-state index is 0.0318. The maximum absolute atomic E-state index is 12.6. The smallest absolute Gasteiger partial charge is 0.241 e. The number of ether oxygens (including phenoxy) is 1. The zero-order valence-electron chi connectivity index (χ0n) is 12.5. The lowest BCUT2D eigenvalue weighted by Gasteiger charge is -2.31. The molecule has 0 bridgehead atoms. The highest BCUT2D eigenvalue weighted by Crippen LogP contribution is 2.28. The fourth-order valence-electron chi connectivity index (χ4n) is 3.31. The zero-order valence-corrected chi connectivity index (χ0v) is 12.5. The van der Waals surface area contributed by atoms with Crippen molar-refractivity contribution < 1.29 is 9.53 Å². The molecule has 4 nitrogen and oxygen atoms in total. The van der Waals surface area contributed by atoms with E-state index in [0.29, 0.717) is 5.91 Å². The van der Waals surface area contributed by atoms with Gasteiger partial charge < -0.3 is 9.64 Å². The molecular formula is C15H28N2O2. The number of hydrogen-bond donors (Lipinski definition) is 1. The van der Waals surface area contributed by atoms with Crippen molar-refractivity contribution in [3.63, 3.8) is 0 Å². The standard InChI is InChI=1S/C15H28N2O2/c1-4-6-8-12-15(18)17(14(16-12)7-5-2)13-9-10-19-11(13)3/h11-14,16H,4-10H2,1-3H3. The molecule has 2 fully saturated rings. The van der Waals surface area contributed by atoms with Crippen molar-refractivity contribution in [3.8, 4) is 0 Å². The summed E-state index contributed by atoms with van der Waals surface area (Å²) >= 11 is 0. The summed E-state index contributed by atoms with van der Waals surface area (Å²) < 4.78 is 5.65. The van der Waals surface area contributed by atoms with Crippen LogP contribution in [0.25, 0.3) is 0 Å². The van der Waals surface area contributed by atoms with Crippen LogP contribution in [0.5, 0.6) is 0 Å². The van der Waals surface area contributed by atoms with Gasteiger partial charge in [-0.3, -0.25) is 10.1 Å². The predicted octanol–water partition coefficient (Wildman–Crippen LogP) is 2.28. The summed E-state index contributed by atoms with van der Waals surface area (Å²) in [7, 11) is 0. The van der Waals surface area contributed by atoms with Gasteiger partial charge in [-0.2, -0.15) is 0 Å². The van der Waals surface area contributed by atoms with Crippen LogP contribution >= 0.6 is 0 Å². The molecule has 4 heteroatoms. The van der Waals surface area contributed by atoms with E-state index in [1.165, 1.54) is 0 Å². The molecule has 0 aromatic heterocycles. The first-order valence-corrected chi connectivity index (χ1v) is 7.88. The Morgan fingerprint density at radius 2 is 2.11 bits per heavy atom. The number of nitrogens with one attached hydrogen (secondary N) is 1. The second kappa shape index (κ2) is 6.71. The fraction of sp³-hybridized carbons (Fsp3) is 0.933. The predicted molar refractivity (Wildman–Crippen MR) is 75.8 cm³/mol. The Balaban J connectivity index is 2.06. The molecule has 0 saturated carbocycles. The van der Waals surface area contributed by atoms with Crippen molar-refractivity contribution in [1.82, 2.24) is 10.2 Å². The number of carbonyl (C=O) groups is 1. The van der Waals surface area contributed by atoms with Crippen molar-refractivity contribution in [3.05, 3.63) is 0 Å². The molecule has 2 rings (SSSR count). The van der Waals surface area contributed by atoms with E-state index in [1.807, 2.05) is 0 Å². The Bertz CT molecular complexity index is 309. The Hall–Kier alpha value is -0.610. The van der Waals surface area contributed by atoms with Crippen molar-refractivity contribution in [2.45, 2.75) is 83.6 Å². The minimum atomic E-state index is 0.0318. The number of hydrogen-bond acceptors (Lipinski definition) is 3. The SMILES string of the molecule is CCCCC1NC(CCC)N(C2CCOC2C)C1=O. The lowest BCUT2D eigenvalue weighted by atomic mass is 10.1. The summed E-state index contributed by atoms with van der Waals surface area (Å²) in [4.78, 5) is 14.7. The Labute approximate surface area is 116 Å². The molecule has 4 unspecified atom stereocenters. The Kier molecular flexibility index (Phi) is 5.22. The van der Waals surface area contributed by atoms with Crippen LogP contribution in [0.2, 0.25) is 0 Å². The first-order chi connectivity index (χ1) is 9.19. The molecule has 0 aromatic rings. The van der Waals surface area contributed by atoms with Gasteiger partial charge in [-0.1, -0.05) is 33.1 Å². The largest absolute Gasteiger partial charge is 0.376 e. The van der Waals surface area contributed by atoms with Crippen LogP contribution in [-0.4, -0.2) is 41.8 Å². The van der Waals surface area contributed by atoms with Gasteiger partial charge in [0.25, 0.3) is 0 Å². The normalized spacial score (nSPS) is 35.3. The summed E-state index contributed by atoms with van der Waals surface area (Å²) in [6.07, 6.45) is 6.74. The van der Waals surface area contributed by atoms with Crippen molar-refractivity contribution >= 4 is 5.91 Å². The van der Waals surface area contributed by atoms with Crippen molar-refractivity contribution in [1.29, 1.82) is 0 Å². The molecule has 0 aromatic carbocycles. The molecule has 0 spiro atoms. The van der Waals surface area contributed by atoms with E-state index in [1.54, 1.807) is 0 Å². The Morgan fingerprint density at radius 1 is 1.32 bits per heavy atom. The lowest BCUT2D eigenvalue weighted by molar-refractivity contribution is -0.133. The van der Waals surface area contributed by atoms with Crippen LogP contribution in [0.3, 0.4) is 0 Å². The van der Waals surface area contributed by atoms with Crippen LogP contribution in [0.15, 0.2) is 0 Å². The van der Waals surface area contributed by atoms with Gasteiger partial charge in [0.2, 0.25) is 5.91 Å². The monoisotopic (exact) mass is 268 g/mol. The first-order valence-electron chi connectivity index (χ1n) is 7.88. The van der Waals surface area contributed by atoms with Crippen LogP contribution in [-0.2, 0) is 9.53 Å². The van der Waals surface area contributed by atoms with Gasteiger partial charge in [-0.05, 0) is 26.2 Å². The molecule has 2 aliphatic heterocycles. The van der Waals surface area contributed by atoms with Crippen LogP contribution in [0, 0.1) is 0 Å². The van der Waals surface area contributed by atoms with E-state index in [4.69, 9.17) is 4.74 Å². The molecule has 0 aliphatic carbocycles. The summed E-state index contributed by atoms with van der Waals surface area (Å²) in [5, 5.41) is 3.54. The Morgan fingerprint density at radius 3 is 2.68 bits per heavy atom. The molecular weight excluding hydrogens is 240 g/mol. The quantitative estimate of drug-likeness (QED) is 0.803. The molecule has 1 N–H and O–H groups in total. The van der Waals surface area contributed by atoms with Crippen LogP contribution in [0.1, 0.15) is 59.3 Å². The van der Waals surface area contributed by atoms with Gasteiger partial charge in [0.1, 0.15) is 0 Å². The average molecular weight is 268 g/mol. The number of amides is 1. The lowest BCUT2D eigenvalue weighted by Crippen LogP contribution is -2.47. The topological polar surface area (TPSA) is 41.6 Å². The van der Waals surface area contributed by atoms with Crippen LogP contribution in [0.4, 0.5) is 0 Å². The van der Waals surface area contributed by atoms with E-state index in [2.05, 4.69) is 31.0 Å². The summed E-state index contributed by atoms with van der Waals surface area (Å²) in [5.74, 6) is 0.300. The second-order valence-corrected chi connectivity index (χ2v) is 5.84. The fourth-order valence-corrected chi connectivity index (χ4v) is 3.31. The number of nitrogens with zero attached hydrogens (tertiary/aromatic N) is 1. The first kappa shape index (κ1) is 14.8. The molecule has 19 heavy (non-hydrogen) atoms. The molecule has 1 amide bonds. The third kappa shape index (κ3) is 3.11. The number of rotatable bonds is 6. The van der Waals surface area contributed by atoms with Crippen LogP contribution < -0.4 is 5.32 Å². The summed E-state index contributed by atoms with van der Waals surface area (Å²) in [6.45, 7) is 7.23. The third-order valence-electron chi connectivity index (χ3n) is 4.38. The van der Waals surface area contributed by atoms with Crippen molar-refractivity contribution in [2.24, 2.45) is 0 Å². The van der Waals surface area contributed by atoms with Gasteiger partial charge in [0.15, 0.2) is 0 Å². The highest BCUT2D eigenvalue weighted by Gasteiger charge is 2.44. The number of carbonyl (C=O) groups excluding carboxylic acids is 1. The highest BCUT2D eigenvalue weighted by atomic mass is 16.5. The van der Waals surface area contributed by atoms with Gasteiger partial charge in [-0.25, -0.2) is 0 Å². The van der Waals surface area contributed by atoms with Gasteiger partial charge in [0, 0.05) is 6.61 Å². The van der Waals surface area contributed by atoms with Gasteiger partial charge in [0.05, 0.1) is 24.4 Å². The highest BCUT2D eigenvalue weighted by molar-refractivity contribution is 5.84. The summed E-state index contributed by atoms with van der Waals surface area (Å²) in [6, 6.07) is 0.299. The van der Waals surface area contributed by atoms with Crippen molar-refractivity contribution in [2.75, 3.05) is 6.61 Å². The molecule has 2 saturated heterocycles. The average Bonchev–Trinajstić information content (AvgIpc) is 2.92. The molecule has 110 valence electrons. The van der Waals surface area contributed by atoms with Gasteiger partial charge >= 0.3 is 0 Å². The zero-order chi connectivity index (χ0) is 13.8. The van der Waals surface area contributed by atoms with E-state index >= 15 is 0 Å². The molecule has 2 aliphatic rings. The minimum Gasteiger partial charge on any atom is -0.376 e. The van der Waals surface area contributed by atoms with E-state index in [0.717, 1.165) is 45.1 Å². The number of unbranched alkanes of at least 4 members (excludes halogenated alkanes) is 1. The van der Waals surface area contributed by atoms with E-state index in [9.17, 15) is 4.79 Å².